The lowest BCUT2D eigenvalue weighted by molar-refractivity contribution is -0.122. The van der Waals surface area contributed by atoms with Crippen molar-refractivity contribution >= 4 is 29.6 Å². The zero-order valence-electron chi connectivity index (χ0n) is 15.1. The summed E-state index contributed by atoms with van der Waals surface area (Å²) in [5, 5.41) is 2.20. The number of methoxy groups -OCH3 is 2. The Morgan fingerprint density at radius 3 is 2.30 bits per heavy atom. The molecule has 27 heavy (non-hydrogen) atoms. The number of aryl methyl sites for hydroxylation is 1. The Morgan fingerprint density at radius 1 is 0.963 bits per heavy atom. The summed E-state index contributed by atoms with van der Waals surface area (Å²) in [6.45, 7) is 1.89. The summed E-state index contributed by atoms with van der Waals surface area (Å²) < 4.78 is 10.5. The average Bonchev–Trinajstić information content (AvgIpc) is 2.66. The minimum Gasteiger partial charge on any atom is -0.497 e. The number of hydrogen-bond donors (Lipinski definition) is 1. The molecule has 1 heterocycles. The van der Waals surface area contributed by atoms with Crippen molar-refractivity contribution in [2.75, 3.05) is 19.1 Å². The topological polar surface area (TPSA) is 84.9 Å². The number of imide groups is 2. The van der Waals surface area contributed by atoms with Crippen LogP contribution >= 0.6 is 0 Å². The molecule has 1 N–H and O–H groups in total. The van der Waals surface area contributed by atoms with E-state index in [0.29, 0.717) is 22.7 Å². The Kier molecular flexibility index (Phi) is 4.94. The number of ether oxygens (including phenoxy) is 2. The molecule has 0 aromatic heterocycles. The molecule has 0 radical (unpaired) electrons. The number of rotatable bonds is 4. The highest BCUT2D eigenvalue weighted by Gasteiger charge is 2.36. The molecule has 7 nitrogen and oxygen atoms in total. The standard InChI is InChI=1S/C20H18N2O5/c1-12-4-6-14(7-5-12)22-19(24)16(18(23)21-20(22)25)11-13-10-15(26-2)8-9-17(13)27-3/h4-11H,1-3H3,(H,21,23,25). The van der Waals surface area contributed by atoms with E-state index >= 15 is 0 Å². The van der Waals surface area contributed by atoms with Gasteiger partial charge in [0.05, 0.1) is 19.9 Å². The van der Waals surface area contributed by atoms with E-state index in [2.05, 4.69) is 5.32 Å². The number of nitrogens with zero attached hydrogens (tertiary/aromatic N) is 1. The summed E-state index contributed by atoms with van der Waals surface area (Å²) >= 11 is 0. The number of carbonyl (C=O) groups is 3. The summed E-state index contributed by atoms with van der Waals surface area (Å²) in [5.74, 6) is -0.476. The lowest BCUT2D eigenvalue weighted by Gasteiger charge is -2.26. The monoisotopic (exact) mass is 366 g/mol. The van der Waals surface area contributed by atoms with E-state index in [1.54, 1.807) is 42.5 Å². The van der Waals surface area contributed by atoms with Crippen molar-refractivity contribution in [2.24, 2.45) is 0 Å². The van der Waals surface area contributed by atoms with Gasteiger partial charge in [-0.2, -0.15) is 0 Å². The highest BCUT2D eigenvalue weighted by atomic mass is 16.5. The van der Waals surface area contributed by atoms with Gasteiger partial charge in [0.25, 0.3) is 11.8 Å². The van der Waals surface area contributed by atoms with E-state index in [1.807, 2.05) is 6.92 Å². The van der Waals surface area contributed by atoms with E-state index in [1.165, 1.54) is 20.3 Å². The van der Waals surface area contributed by atoms with Crippen LogP contribution in [-0.4, -0.2) is 32.1 Å². The van der Waals surface area contributed by atoms with Crippen LogP contribution in [0.2, 0.25) is 0 Å². The smallest absolute Gasteiger partial charge is 0.335 e. The molecule has 0 atom stereocenters. The molecule has 3 rings (SSSR count). The van der Waals surface area contributed by atoms with Gasteiger partial charge in [-0.3, -0.25) is 14.9 Å². The molecule has 2 aromatic rings. The van der Waals surface area contributed by atoms with Crippen LogP contribution in [0.3, 0.4) is 0 Å². The maximum Gasteiger partial charge on any atom is 0.335 e. The summed E-state index contributed by atoms with van der Waals surface area (Å²) in [7, 11) is 2.99. The molecule has 0 saturated carbocycles. The number of benzene rings is 2. The number of nitrogens with one attached hydrogen (secondary N) is 1. The third kappa shape index (κ3) is 3.52. The first-order chi connectivity index (χ1) is 12.9. The fourth-order valence-corrected chi connectivity index (χ4v) is 2.69. The Balaban J connectivity index is 2.05. The van der Waals surface area contributed by atoms with Crippen molar-refractivity contribution in [1.29, 1.82) is 0 Å². The van der Waals surface area contributed by atoms with E-state index in [4.69, 9.17) is 9.47 Å². The Morgan fingerprint density at radius 2 is 1.67 bits per heavy atom. The average molecular weight is 366 g/mol. The second-order valence-electron chi connectivity index (χ2n) is 5.90. The predicted octanol–water partition coefficient (Wildman–Crippen LogP) is 2.68. The summed E-state index contributed by atoms with van der Waals surface area (Å²) in [4.78, 5) is 38.3. The lowest BCUT2D eigenvalue weighted by Crippen LogP contribution is -2.54. The fraction of sp³-hybridized carbons (Fsp3) is 0.150. The van der Waals surface area contributed by atoms with Crippen LogP contribution in [0.5, 0.6) is 11.5 Å². The first kappa shape index (κ1) is 18.2. The molecule has 138 valence electrons. The fourth-order valence-electron chi connectivity index (χ4n) is 2.69. The normalized spacial score (nSPS) is 15.7. The molecule has 4 amide bonds. The number of carbonyl (C=O) groups excluding carboxylic acids is 3. The van der Waals surface area contributed by atoms with Gasteiger partial charge < -0.3 is 9.47 Å². The molecule has 7 heteroatoms. The van der Waals surface area contributed by atoms with Gasteiger partial charge >= 0.3 is 6.03 Å². The Hall–Kier alpha value is -3.61. The zero-order valence-corrected chi connectivity index (χ0v) is 15.1. The lowest BCUT2D eigenvalue weighted by atomic mass is 10.1. The van der Waals surface area contributed by atoms with Gasteiger partial charge in [0.2, 0.25) is 0 Å². The molecular weight excluding hydrogens is 348 g/mol. The van der Waals surface area contributed by atoms with Crippen LogP contribution in [0.15, 0.2) is 48.0 Å². The van der Waals surface area contributed by atoms with Crippen LogP contribution in [0.4, 0.5) is 10.5 Å². The van der Waals surface area contributed by atoms with E-state index in [-0.39, 0.29) is 5.57 Å². The van der Waals surface area contributed by atoms with Crippen molar-refractivity contribution in [2.45, 2.75) is 6.92 Å². The Labute approximate surface area is 156 Å². The first-order valence-corrected chi connectivity index (χ1v) is 8.14. The minimum atomic E-state index is -0.788. The largest absolute Gasteiger partial charge is 0.497 e. The van der Waals surface area contributed by atoms with Gasteiger partial charge in [-0.05, 0) is 43.3 Å². The van der Waals surface area contributed by atoms with Crippen LogP contribution in [-0.2, 0) is 9.59 Å². The van der Waals surface area contributed by atoms with E-state index in [0.717, 1.165) is 10.5 Å². The molecule has 1 aliphatic rings. The van der Waals surface area contributed by atoms with Gasteiger partial charge in [0.1, 0.15) is 17.1 Å². The molecule has 0 aliphatic carbocycles. The highest BCUT2D eigenvalue weighted by Crippen LogP contribution is 2.28. The second-order valence-corrected chi connectivity index (χ2v) is 5.90. The van der Waals surface area contributed by atoms with Crippen molar-refractivity contribution in [1.82, 2.24) is 5.32 Å². The van der Waals surface area contributed by atoms with Gasteiger partial charge in [0, 0.05) is 5.56 Å². The quantitative estimate of drug-likeness (QED) is 0.664. The number of amides is 4. The number of urea groups is 1. The Bertz CT molecular complexity index is 947. The third-order valence-corrected chi connectivity index (χ3v) is 4.13. The SMILES string of the molecule is COc1ccc(OC)c(C=C2C(=O)NC(=O)N(c3ccc(C)cc3)C2=O)c1. The summed E-state index contributed by atoms with van der Waals surface area (Å²) in [5.41, 5.74) is 1.66. The molecule has 0 bridgehead atoms. The molecule has 1 saturated heterocycles. The van der Waals surface area contributed by atoms with Crippen LogP contribution in [0.25, 0.3) is 6.08 Å². The van der Waals surface area contributed by atoms with Crippen molar-refractivity contribution in [3.63, 3.8) is 0 Å². The zero-order chi connectivity index (χ0) is 19.6. The van der Waals surface area contributed by atoms with E-state index in [9.17, 15) is 14.4 Å². The molecule has 0 spiro atoms. The first-order valence-electron chi connectivity index (χ1n) is 8.14. The van der Waals surface area contributed by atoms with Crippen molar-refractivity contribution in [3.8, 4) is 11.5 Å². The molecule has 1 aliphatic heterocycles. The van der Waals surface area contributed by atoms with Crippen LogP contribution < -0.4 is 19.7 Å². The molecule has 2 aromatic carbocycles. The summed E-state index contributed by atoms with van der Waals surface area (Å²) in [6, 6.07) is 11.1. The number of anilines is 1. The van der Waals surface area contributed by atoms with Gasteiger partial charge in [-0.1, -0.05) is 17.7 Å². The van der Waals surface area contributed by atoms with E-state index < -0.39 is 17.8 Å². The highest BCUT2D eigenvalue weighted by molar-refractivity contribution is 6.39. The number of barbiturate groups is 1. The molecule has 0 unspecified atom stereocenters. The van der Waals surface area contributed by atoms with Gasteiger partial charge in [-0.15, -0.1) is 0 Å². The molecule has 1 fully saturated rings. The number of hydrogen-bond acceptors (Lipinski definition) is 5. The maximum atomic E-state index is 12.9. The second kappa shape index (κ2) is 7.33. The van der Waals surface area contributed by atoms with Crippen molar-refractivity contribution < 1.29 is 23.9 Å². The van der Waals surface area contributed by atoms with Crippen LogP contribution in [0, 0.1) is 6.92 Å². The molecular formula is C20H18N2O5. The predicted molar refractivity (Wildman–Crippen MR) is 99.7 cm³/mol. The van der Waals surface area contributed by atoms with Crippen molar-refractivity contribution in [3.05, 3.63) is 59.2 Å². The van der Waals surface area contributed by atoms with Gasteiger partial charge in [0.15, 0.2) is 0 Å². The third-order valence-electron chi connectivity index (χ3n) is 4.13. The van der Waals surface area contributed by atoms with Crippen LogP contribution in [0.1, 0.15) is 11.1 Å². The van der Waals surface area contributed by atoms with Gasteiger partial charge in [-0.25, -0.2) is 9.69 Å². The maximum absolute atomic E-state index is 12.9. The minimum absolute atomic E-state index is 0.179. The summed E-state index contributed by atoms with van der Waals surface area (Å²) in [6.07, 6.45) is 1.38.